The van der Waals surface area contributed by atoms with Gasteiger partial charge in [0.1, 0.15) is 5.75 Å². The van der Waals surface area contributed by atoms with Crippen molar-refractivity contribution < 1.29 is 22.7 Å². The van der Waals surface area contributed by atoms with E-state index in [9.17, 15) is 13.2 Å². The van der Waals surface area contributed by atoms with Gasteiger partial charge in [-0.2, -0.15) is 0 Å². The second-order valence-corrected chi connectivity index (χ2v) is 6.11. The number of methoxy groups -OCH3 is 1. The first kappa shape index (κ1) is 12.2. The van der Waals surface area contributed by atoms with Gasteiger partial charge in [0.25, 0.3) is 9.05 Å². The molecule has 92 valence electrons. The van der Waals surface area contributed by atoms with Crippen LogP contribution in [0.1, 0.15) is 5.56 Å². The number of fused-ring (bicyclic) bond motifs is 1. The summed E-state index contributed by atoms with van der Waals surface area (Å²) >= 11 is 0. The summed E-state index contributed by atoms with van der Waals surface area (Å²) in [4.78, 5) is 11.3. The lowest BCUT2D eigenvalue weighted by Crippen LogP contribution is -2.26. The second kappa shape index (κ2) is 4.19. The van der Waals surface area contributed by atoms with Gasteiger partial charge in [0.15, 0.2) is 6.10 Å². The molecule has 0 bridgehead atoms. The molecule has 0 fully saturated rings. The molecule has 0 radical (unpaired) electrons. The maximum absolute atomic E-state index is 11.3. The molecule has 0 aromatic heterocycles. The van der Waals surface area contributed by atoms with E-state index in [4.69, 9.17) is 15.4 Å². The molecule has 0 amide bonds. The van der Waals surface area contributed by atoms with Gasteiger partial charge in [-0.15, -0.1) is 0 Å². The first-order valence-corrected chi connectivity index (χ1v) is 7.05. The first-order chi connectivity index (χ1) is 7.91. The summed E-state index contributed by atoms with van der Waals surface area (Å²) in [5.74, 6) is -0.0130. The molecule has 1 aromatic rings. The van der Waals surface area contributed by atoms with Crippen molar-refractivity contribution in [1.29, 1.82) is 0 Å². The summed E-state index contributed by atoms with van der Waals surface area (Å²) in [6.07, 6.45) is -0.439. The molecule has 0 spiro atoms. The van der Waals surface area contributed by atoms with Gasteiger partial charge in [0.05, 0.1) is 12.0 Å². The van der Waals surface area contributed by atoms with Crippen LogP contribution in [0, 0.1) is 0 Å². The number of hydrogen-bond acceptors (Lipinski definition) is 5. The molecule has 17 heavy (non-hydrogen) atoms. The van der Waals surface area contributed by atoms with Gasteiger partial charge in [-0.05, 0) is 23.8 Å². The summed E-state index contributed by atoms with van der Waals surface area (Å²) in [6, 6.07) is 4.22. The van der Waals surface area contributed by atoms with E-state index in [0.717, 1.165) is 0 Å². The number of esters is 1. The van der Waals surface area contributed by atoms with Crippen LogP contribution in [0.5, 0.6) is 5.75 Å². The van der Waals surface area contributed by atoms with Crippen LogP contribution in [-0.4, -0.2) is 27.6 Å². The molecule has 1 aromatic carbocycles. The zero-order valence-electron chi connectivity index (χ0n) is 8.84. The average molecular weight is 277 g/mol. The van der Waals surface area contributed by atoms with Crippen molar-refractivity contribution >= 4 is 25.7 Å². The number of ether oxygens (including phenoxy) is 2. The Hall–Kier alpha value is -1.27. The SMILES string of the molecule is COC(=O)[C@H]1Cc2cc(S(=O)(=O)Cl)ccc2O1. The van der Waals surface area contributed by atoms with E-state index in [1.165, 1.54) is 25.3 Å². The van der Waals surface area contributed by atoms with Crippen LogP contribution in [0.3, 0.4) is 0 Å². The first-order valence-electron chi connectivity index (χ1n) is 4.74. The van der Waals surface area contributed by atoms with Crippen molar-refractivity contribution in [2.45, 2.75) is 17.4 Å². The highest BCUT2D eigenvalue weighted by Gasteiger charge is 2.30. The Morgan fingerprint density at radius 3 is 2.82 bits per heavy atom. The molecule has 1 atom stereocenters. The van der Waals surface area contributed by atoms with Crippen molar-refractivity contribution in [1.82, 2.24) is 0 Å². The molecule has 0 saturated carbocycles. The topological polar surface area (TPSA) is 69.7 Å². The van der Waals surface area contributed by atoms with Gasteiger partial charge in [-0.3, -0.25) is 0 Å². The van der Waals surface area contributed by atoms with E-state index >= 15 is 0 Å². The van der Waals surface area contributed by atoms with E-state index < -0.39 is 21.1 Å². The minimum Gasteiger partial charge on any atom is -0.478 e. The fraction of sp³-hybridized carbons (Fsp3) is 0.300. The molecule has 0 N–H and O–H groups in total. The number of benzene rings is 1. The van der Waals surface area contributed by atoms with Crippen molar-refractivity contribution in [3.05, 3.63) is 23.8 Å². The van der Waals surface area contributed by atoms with Gasteiger partial charge in [0.2, 0.25) is 0 Å². The molecular formula is C10H9ClO5S. The highest BCUT2D eigenvalue weighted by Crippen LogP contribution is 2.32. The minimum absolute atomic E-state index is 0.00738. The summed E-state index contributed by atoms with van der Waals surface area (Å²) < 4.78 is 32.1. The fourth-order valence-electron chi connectivity index (χ4n) is 1.64. The Morgan fingerprint density at radius 1 is 1.53 bits per heavy atom. The zero-order chi connectivity index (χ0) is 12.6. The maximum atomic E-state index is 11.3. The highest BCUT2D eigenvalue weighted by atomic mass is 35.7. The summed E-state index contributed by atoms with van der Waals surface area (Å²) in [5, 5.41) is 0. The average Bonchev–Trinajstić information content (AvgIpc) is 2.69. The van der Waals surface area contributed by atoms with E-state index in [1.807, 2.05) is 0 Å². The van der Waals surface area contributed by atoms with Gasteiger partial charge < -0.3 is 9.47 Å². The number of hydrogen-bond donors (Lipinski definition) is 0. The van der Waals surface area contributed by atoms with E-state index in [1.54, 1.807) is 0 Å². The van der Waals surface area contributed by atoms with Crippen LogP contribution in [-0.2, 0) is 25.0 Å². The molecule has 1 heterocycles. The molecule has 1 aliphatic heterocycles. The lowest BCUT2D eigenvalue weighted by molar-refractivity contribution is -0.147. The highest BCUT2D eigenvalue weighted by molar-refractivity contribution is 8.13. The number of halogens is 1. The van der Waals surface area contributed by atoms with Crippen LogP contribution in [0.2, 0.25) is 0 Å². The van der Waals surface area contributed by atoms with Crippen molar-refractivity contribution in [2.24, 2.45) is 0 Å². The lowest BCUT2D eigenvalue weighted by Gasteiger charge is -2.06. The Morgan fingerprint density at radius 2 is 2.24 bits per heavy atom. The van der Waals surface area contributed by atoms with Gasteiger partial charge in [0, 0.05) is 17.1 Å². The van der Waals surface area contributed by atoms with Crippen LogP contribution >= 0.6 is 10.7 Å². The van der Waals surface area contributed by atoms with Gasteiger partial charge in [-0.1, -0.05) is 0 Å². The Bertz CT molecular complexity index is 566. The molecular weight excluding hydrogens is 268 g/mol. The monoisotopic (exact) mass is 276 g/mol. The molecule has 2 rings (SSSR count). The minimum atomic E-state index is -3.77. The smallest absolute Gasteiger partial charge is 0.347 e. The maximum Gasteiger partial charge on any atom is 0.347 e. The number of rotatable bonds is 2. The third-order valence-corrected chi connectivity index (χ3v) is 3.80. The van der Waals surface area contributed by atoms with E-state index in [0.29, 0.717) is 11.3 Å². The number of carbonyl (C=O) groups is 1. The summed E-state index contributed by atoms with van der Waals surface area (Å²) in [7, 11) is 2.73. The predicted molar refractivity (Wildman–Crippen MR) is 59.6 cm³/mol. The van der Waals surface area contributed by atoms with Crippen molar-refractivity contribution in [3.8, 4) is 5.75 Å². The molecule has 7 heteroatoms. The largest absolute Gasteiger partial charge is 0.478 e. The van der Waals surface area contributed by atoms with Crippen molar-refractivity contribution in [2.75, 3.05) is 7.11 Å². The summed E-state index contributed by atoms with van der Waals surface area (Å²) in [5.41, 5.74) is 0.627. The van der Waals surface area contributed by atoms with Gasteiger partial charge in [-0.25, -0.2) is 13.2 Å². The van der Waals surface area contributed by atoms with Crippen LogP contribution in [0.25, 0.3) is 0 Å². The second-order valence-electron chi connectivity index (χ2n) is 3.54. The van der Waals surface area contributed by atoms with Crippen LogP contribution in [0.4, 0.5) is 0 Å². The Labute approximate surface area is 103 Å². The fourth-order valence-corrected chi connectivity index (χ4v) is 2.44. The van der Waals surface area contributed by atoms with Gasteiger partial charge >= 0.3 is 5.97 Å². The standard InChI is InChI=1S/C10H9ClO5S/c1-15-10(12)9-5-6-4-7(17(11,13)14)2-3-8(6)16-9/h2-4,9H,5H2,1H3/t9-/m1/s1. The normalized spacial score (nSPS) is 18.4. The third kappa shape index (κ3) is 2.37. The van der Waals surface area contributed by atoms with Crippen LogP contribution < -0.4 is 4.74 Å². The third-order valence-electron chi connectivity index (χ3n) is 2.45. The summed E-state index contributed by atoms with van der Waals surface area (Å²) in [6.45, 7) is 0. The lowest BCUT2D eigenvalue weighted by atomic mass is 10.1. The molecule has 1 aliphatic rings. The van der Waals surface area contributed by atoms with Crippen LogP contribution in [0.15, 0.2) is 23.1 Å². The predicted octanol–water partition coefficient (Wildman–Crippen LogP) is 1.09. The van der Waals surface area contributed by atoms with Crippen molar-refractivity contribution in [3.63, 3.8) is 0 Å². The van der Waals surface area contributed by atoms with E-state index in [2.05, 4.69) is 4.74 Å². The number of carbonyl (C=O) groups excluding carboxylic acids is 1. The zero-order valence-corrected chi connectivity index (χ0v) is 10.4. The molecule has 0 saturated heterocycles. The van der Waals surface area contributed by atoms with E-state index in [-0.39, 0.29) is 11.3 Å². The molecule has 0 aliphatic carbocycles. The Kier molecular flexibility index (Phi) is 3.01. The quantitative estimate of drug-likeness (QED) is 0.597. The molecule has 0 unspecified atom stereocenters. The Balaban J connectivity index is 2.31. The molecule has 5 nitrogen and oxygen atoms in total.